The Bertz CT molecular complexity index is 869. The van der Waals surface area contributed by atoms with Crippen molar-refractivity contribution >= 4 is 15.9 Å². The molecule has 0 aliphatic carbocycles. The maximum atomic E-state index is 12.2. The van der Waals surface area contributed by atoms with Gasteiger partial charge in [0.2, 0.25) is 0 Å². The van der Waals surface area contributed by atoms with Gasteiger partial charge >= 0.3 is 0 Å². The molecule has 1 heterocycles. The number of carbonyl (C=O) groups is 1. The lowest BCUT2D eigenvalue weighted by Gasteiger charge is -2.09. The van der Waals surface area contributed by atoms with Gasteiger partial charge in [0.15, 0.2) is 5.78 Å². The van der Waals surface area contributed by atoms with Crippen LogP contribution in [0.5, 0.6) is 5.75 Å². The minimum Gasteiger partial charge on any atom is -0.493 e. The Balaban J connectivity index is 1.66. The first-order valence-electron chi connectivity index (χ1n) is 8.21. The molecule has 0 fully saturated rings. The van der Waals surface area contributed by atoms with Crippen LogP contribution in [0.3, 0.4) is 0 Å². The molecule has 1 aliphatic heterocycles. The third kappa shape index (κ3) is 4.27. The predicted molar refractivity (Wildman–Crippen MR) is 93.5 cm³/mol. The molecule has 6 heteroatoms. The molecule has 25 heavy (non-hydrogen) atoms. The van der Waals surface area contributed by atoms with Crippen LogP contribution >= 0.6 is 0 Å². The highest BCUT2D eigenvalue weighted by molar-refractivity contribution is 7.86. The van der Waals surface area contributed by atoms with E-state index in [1.165, 1.54) is 12.1 Å². The van der Waals surface area contributed by atoms with Crippen LogP contribution in [0, 0.1) is 6.92 Å². The van der Waals surface area contributed by atoms with Crippen molar-refractivity contribution in [2.24, 2.45) is 0 Å². The third-order valence-corrected chi connectivity index (χ3v) is 5.42. The van der Waals surface area contributed by atoms with E-state index in [4.69, 9.17) is 8.92 Å². The summed E-state index contributed by atoms with van der Waals surface area (Å²) in [5.74, 6) is 0.655. The van der Waals surface area contributed by atoms with Gasteiger partial charge in [0.05, 0.1) is 23.7 Å². The third-order valence-electron chi connectivity index (χ3n) is 4.09. The van der Waals surface area contributed by atoms with Crippen molar-refractivity contribution in [2.75, 3.05) is 13.2 Å². The SMILES string of the molecule is Cc1ccc(S(=O)(=O)OCCc2ccc3c(c2)C(=O)CCCO3)cc1. The number of hydrogen-bond donors (Lipinski definition) is 0. The lowest BCUT2D eigenvalue weighted by atomic mass is 10.0. The largest absolute Gasteiger partial charge is 0.493 e. The number of fused-ring (bicyclic) bond motifs is 1. The summed E-state index contributed by atoms with van der Waals surface area (Å²) in [6.45, 7) is 2.45. The first kappa shape index (κ1) is 17.6. The van der Waals surface area contributed by atoms with E-state index in [0.29, 0.717) is 37.2 Å². The van der Waals surface area contributed by atoms with Crippen LogP contribution in [0.15, 0.2) is 47.4 Å². The fourth-order valence-electron chi connectivity index (χ4n) is 2.67. The summed E-state index contributed by atoms with van der Waals surface area (Å²) < 4.78 is 35.0. The summed E-state index contributed by atoms with van der Waals surface area (Å²) in [5.41, 5.74) is 2.39. The number of aryl methyl sites for hydroxylation is 1. The van der Waals surface area contributed by atoms with Gasteiger partial charge in [0, 0.05) is 6.42 Å². The average Bonchev–Trinajstić information content (AvgIpc) is 2.77. The summed E-state index contributed by atoms with van der Waals surface area (Å²) in [6.07, 6.45) is 1.57. The fourth-order valence-corrected chi connectivity index (χ4v) is 3.58. The number of Topliss-reactive ketones (excluding diaryl/α,β-unsaturated/α-hetero) is 1. The van der Waals surface area contributed by atoms with Gasteiger partial charge < -0.3 is 4.74 Å². The lowest BCUT2D eigenvalue weighted by molar-refractivity contribution is 0.0983. The van der Waals surface area contributed by atoms with Crippen LogP contribution in [0.1, 0.15) is 34.3 Å². The molecule has 132 valence electrons. The summed E-state index contributed by atoms with van der Waals surface area (Å²) in [6, 6.07) is 11.9. The molecule has 2 aromatic carbocycles. The average molecular weight is 360 g/mol. The van der Waals surface area contributed by atoms with Crippen molar-refractivity contribution in [1.82, 2.24) is 0 Å². The van der Waals surface area contributed by atoms with E-state index in [9.17, 15) is 13.2 Å². The van der Waals surface area contributed by atoms with Crippen LogP contribution in [-0.2, 0) is 20.7 Å². The summed E-state index contributed by atoms with van der Waals surface area (Å²) in [5, 5.41) is 0. The fraction of sp³-hybridized carbons (Fsp3) is 0.316. The smallest absolute Gasteiger partial charge is 0.296 e. The topological polar surface area (TPSA) is 69.7 Å². The Kier molecular flexibility index (Phi) is 5.20. The first-order valence-corrected chi connectivity index (χ1v) is 9.61. The molecule has 0 radical (unpaired) electrons. The number of hydrogen-bond acceptors (Lipinski definition) is 5. The van der Waals surface area contributed by atoms with Crippen LogP contribution < -0.4 is 4.74 Å². The van der Waals surface area contributed by atoms with Crippen molar-refractivity contribution in [3.8, 4) is 5.75 Å². The molecule has 2 aromatic rings. The van der Waals surface area contributed by atoms with Gasteiger partial charge in [-0.1, -0.05) is 23.8 Å². The monoisotopic (exact) mass is 360 g/mol. The van der Waals surface area contributed by atoms with E-state index in [1.807, 2.05) is 13.0 Å². The number of benzene rings is 2. The number of ether oxygens (including phenoxy) is 1. The molecular formula is C19H20O5S. The van der Waals surface area contributed by atoms with E-state index in [0.717, 1.165) is 11.1 Å². The Labute approximate surface area is 147 Å². The van der Waals surface area contributed by atoms with Gasteiger partial charge in [-0.25, -0.2) is 0 Å². The highest BCUT2D eigenvalue weighted by Crippen LogP contribution is 2.25. The van der Waals surface area contributed by atoms with E-state index < -0.39 is 10.1 Å². The van der Waals surface area contributed by atoms with E-state index >= 15 is 0 Å². The van der Waals surface area contributed by atoms with Crippen molar-refractivity contribution in [3.05, 3.63) is 59.2 Å². The molecule has 5 nitrogen and oxygen atoms in total. The zero-order chi connectivity index (χ0) is 17.9. The van der Waals surface area contributed by atoms with E-state index in [-0.39, 0.29) is 17.3 Å². The Morgan fingerprint density at radius 2 is 1.88 bits per heavy atom. The van der Waals surface area contributed by atoms with Gasteiger partial charge in [0.25, 0.3) is 10.1 Å². The van der Waals surface area contributed by atoms with E-state index in [2.05, 4.69) is 0 Å². The Morgan fingerprint density at radius 3 is 2.64 bits per heavy atom. The Morgan fingerprint density at radius 1 is 1.12 bits per heavy atom. The molecule has 0 aromatic heterocycles. The second kappa shape index (κ2) is 7.37. The standard InChI is InChI=1S/C19H20O5S/c1-14-4-7-16(8-5-14)25(21,22)24-12-10-15-6-9-19-17(13-15)18(20)3-2-11-23-19/h4-9,13H,2-3,10-12H2,1H3. The van der Waals surface area contributed by atoms with Gasteiger partial charge in [-0.3, -0.25) is 8.98 Å². The van der Waals surface area contributed by atoms with Gasteiger partial charge in [-0.2, -0.15) is 8.42 Å². The number of rotatable bonds is 5. The zero-order valence-corrected chi connectivity index (χ0v) is 14.8. The van der Waals surface area contributed by atoms with Crippen molar-refractivity contribution in [1.29, 1.82) is 0 Å². The van der Waals surface area contributed by atoms with Crippen molar-refractivity contribution in [2.45, 2.75) is 31.1 Å². The van der Waals surface area contributed by atoms with E-state index in [1.54, 1.807) is 24.3 Å². The second-order valence-corrected chi connectivity index (χ2v) is 7.66. The molecule has 3 rings (SSSR count). The number of carbonyl (C=O) groups excluding carboxylic acids is 1. The Hall–Kier alpha value is -2.18. The second-order valence-electron chi connectivity index (χ2n) is 6.04. The van der Waals surface area contributed by atoms with Gasteiger partial charge in [0.1, 0.15) is 5.75 Å². The van der Waals surface area contributed by atoms with Crippen molar-refractivity contribution < 1.29 is 22.1 Å². The molecule has 1 aliphatic rings. The summed E-state index contributed by atoms with van der Waals surface area (Å²) in [4.78, 5) is 12.2. The highest BCUT2D eigenvalue weighted by atomic mass is 32.2. The molecule has 0 amide bonds. The molecule has 0 spiro atoms. The number of ketones is 1. The van der Waals surface area contributed by atoms with Crippen LogP contribution in [0.25, 0.3) is 0 Å². The maximum Gasteiger partial charge on any atom is 0.296 e. The molecule has 0 bridgehead atoms. The highest BCUT2D eigenvalue weighted by Gasteiger charge is 2.18. The summed E-state index contributed by atoms with van der Waals surface area (Å²) in [7, 11) is -3.77. The van der Waals surface area contributed by atoms with Gasteiger partial charge in [-0.05, 0) is 49.6 Å². The maximum absolute atomic E-state index is 12.2. The van der Waals surface area contributed by atoms with Crippen molar-refractivity contribution in [3.63, 3.8) is 0 Å². The van der Waals surface area contributed by atoms with Crippen LogP contribution in [0.4, 0.5) is 0 Å². The predicted octanol–water partition coefficient (Wildman–Crippen LogP) is 3.30. The van der Waals surface area contributed by atoms with Gasteiger partial charge in [-0.15, -0.1) is 0 Å². The molecule has 0 unspecified atom stereocenters. The molecular weight excluding hydrogens is 340 g/mol. The normalized spacial score (nSPS) is 14.5. The quantitative estimate of drug-likeness (QED) is 0.765. The molecule has 0 saturated carbocycles. The first-order chi connectivity index (χ1) is 12.0. The zero-order valence-electron chi connectivity index (χ0n) is 14.0. The molecule has 0 N–H and O–H groups in total. The molecule has 0 saturated heterocycles. The minimum absolute atomic E-state index is 0.0179. The molecule has 0 atom stereocenters. The lowest BCUT2D eigenvalue weighted by Crippen LogP contribution is -2.09. The van der Waals surface area contributed by atoms with Crippen LogP contribution in [-0.4, -0.2) is 27.4 Å². The summed E-state index contributed by atoms with van der Waals surface area (Å²) >= 11 is 0. The van der Waals surface area contributed by atoms with Crippen LogP contribution in [0.2, 0.25) is 0 Å². The minimum atomic E-state index is -3.77.